The number of ether oxygens (including phenoxy) is 1. The largest absolute Gasteiger partial charge is 0.469 e. The van der Waals surface area contributed by atoms with E-state index in [1.54, 1.807) is 0 Å². The predicted molar refractivity (Wildman–Crippen MR) is 44.5 cm³/mol. The Morgan fingerprint density at radius 1 is 1.82 bits per heavy atom. The number of rotatable bonds is 2. The quantitative estimate of drug-likeness (QED) is 0.631. The Kier molecular flexibility index (Phi) is 3.32. The Balaban J connectivity index is 0.000001000. The highest BCUT2D eigenvalue weighted by atomic mass is 35.5. The van der Waals surface area contributed by atoms with Gasteiger partial charge in [-0.1, -0.05) is 0 Å². The van der Waals surface area contributed by atoms with E-state index in [4.69, 9.17) is 5.73 Å². The summed E-state index contributed by atoms with van der Waals surface area (Å²) < 4.78 is 4.61. The Labute approximate surface area is 72.7 Å². The molecule has 0 amide bonds. The van der Waals surface area contributed by atoms with Gasteiger partial charge in [-0.15, -0.1) is 12.4 Å². The summed E-state index contributed by atoms with van der Waals surface area (Å²) in [7, 11) is 1.42. The molecule has 1 fully saturated rings. The summed E-state index contributed by atoms with van der Waals surface area (Å²) in [6, 6.07) is 0. The number of halogens is 1. The van der Waals surface area contributed by atoms with Crippen LogP contribution in [0.1, 0.15) is 13.3 Å². The second-order valence-corrected chi connectivity index (χ2v) is 3.05. The fourth-order valence-electron chi connectivity index (χ4n) is 1.28. The van der Waals surface area contributed by atoms with E-state index < -0.39 is 0 Å². The minimum Gasteiger partial charge on any atom is -0.469 e. The summed E-state index contributed by atoms with van der Waals surface area (Å²) in [6.07, 6.45) is 0.885. The molecule has 0 saturated heterocycles. The van der Waals surface area contributed by atoms with Gasteiger partial charge in [-0.05, 0) is 25.8 Å². The third-order valence-electron chi connectivity index (χ3n) is 2.35. The number of carbonyl (C=O) groups is 1. The maximum atomic E-state index is 11.0. The zero-order valence-electron chi connectivity index (χ0n) is 6.79. The lowest BCUT2D eigenvalue weighted by molar-refractivity contribution is -0.146. The molecule has 4 heteroatoms. The fraction of sp³-hybridized carbons (Fsp3) is 0.857. The van der Waals surface area contributed by atoms with Crippen LogP contribution in [0.3, 0.4) is 0 Å². The summed E-state index contributed by atoms with van der Waals surface area (Å²) >= 11 is 0. The lowest BCUT2D eigenvalue weighted by Gasteiger charge is -2.05. The molecule has 0 aromatic rings. The smallest absolute Gasteiger partial charge is 0.311 e. The molecule has 0 aromatic heterocycles. The van der Waals surface area contributed by atoms with E-state index in [0.29, 0.717) is 12.5 Å². The van der Waals surface area contributed by atoms with Crippen LogP contribution in [0.5, 0.6) is 0 Å². The van der Waals surface area contributed by atoms with Gasteiger partial charge < -0.3 is 10.5 Å². The van der Waals surface area contributed by atoms with Crippen molar-refractivity contribution in [1.29, 1.82) is 0 Å². The fourth-order valence-corrected chi connectivity index (χ4v) is 1.28. The van der Waals surface area contributed by atoms with Gasteiger partial charge in [0, 0.05) is 0 Å². The lowest BCUT2D eigenvalue weighted by atomic mass is 10.1. The molecule has 0 bridgehead atoms. The van der Waals surface area contributed by atoms with Crippen molar-refractivity contribution >= 4 is 18.4 Å². The third kappa shape index (κ3) is 1.65. The van der Waals surface area contributed by atoms with Gasteiger partial charge in [0.05, 0.1) is 12.5 Å². The van der Waals surface area contributed by atoms with Gasteiger partial charge >= 0.3 is 5.97 Å². The molecule has 0 aromatic carbocycles. The number of carbonyl (C=O) groups excluding carboxylic acids is 1. The SMILES string of the molecule is COC(=O)[C@@]1(C)C[C@@H]1CN.Cl. The average Bonchev–Trinajstić information content (AvgIpc) is 2.61. The molecule has 0 spiro atoms. The van der Waals surface area contributed by atoms with E-state index in [2.05, 4.69) is 4.74 Å². The van der Waals surface area contributed by atoms with Gasteiger partial charge in [-0.2, -0.15) is 0 Å². The highest BCUT2D eigenvalue weighted by Gasteiger charge is 2.56. The first-order chi connectivity index (χ1) is 4.65. The van der Waals surface area contributed by atoms with E-state index in [-0.39, 0.29) is 23.8 Å². The van der Waals surface area contributed by atoms with Crippen LogP contribution in [0.25, 0.3) is 0 Å². The zero-order valence-corrected chi connectivity index (χ0v) is 7.61. The summed E-state index contributed by atoms with van der Waals surface area (Å²) in [5, 5.41) is 0. The summed E-state index contributed by atoms with van der Waals surface area (Å²) in [5.74, 6) is 0.225. The molecular weight excluding hydrogens is 166 g/mol. The molecule has 1 aliphatic carbocycles. The number of methoxy groups -OCH3 is 1. The molecule has 1 saturated carbocycles. The first kappa shape index (κ1) is 10.7. The van der Waals surface area contributed by atoms with Crippen LogP contribution in [-0.2, 0) is 9.53 Å². The predicted octanol–water partition coefficient (Wildman–Crippen LogP) is 0.566. The molecule has 0 aliphatic heterocycles. The van der Waals surface area contributed by atoms with Gasteiger partial charge in [0.25, 0.3) is 0 Å². The van der Waals surface area contributed by atoms with Crippen molar-refractivity contribution < 1.29 is 9.53 Å². The van der Waals surface area contributed by atoms with Crippen molar-refractivity contribution in [2.75, 3.05) is 13.7 Å². The molecule has 3 nitrogen and oxygen atoms in total. The standard InChI is InChI=1S/C7H13NO2.ClH/c1-7(6(9)10-2)3-5(7)4-8;/h5H,3-4,8H2,1-2H3;1H/t5-,7+;/m1./s1. The molecule has 11 heavy (non-hydrogen) atoms. The van der Waals surface area contributed by atoms with Crippen molar-refractivity contribution in [3.63, 3.8) is 0 Å². The van der Waals surface area contributed by atoms with Crippen molar-refractivity contribution in [3.8, 4) is 0 Å². The molecule has 1 aliphatic rings. The third-order valence-corrected chi connectivity index (χ3v) is 2.35. The molecular formula is C7H14ClNO2. The van der Waals surface area contributed by atoms with E-state index in [1.165, 1.54) is 7.11 Å². The highest BCUT2D eigenvalue weighted by Crippen LogP contribution is 2.52. The van der Waals surface area contributed by atoms with Crippen LogP contribution >= 0.6 is 12.4 Å². The second-order valence-electron chi connectivity index (χ2n) is 3.05. The molecule has 66 valence electrons. The molecule has 1 rings (SSSR count). The monoisotopic (exact) mass is 179 g/mol. The normalized spacial score (nSPS) is 33.9. The van der Waals surface area contributed by atoms with Crippen molar-refractivity contribution in [2.24, 2.45) is 17.1 Å². The maximum absolute atomic E-state index is 11.0. The minimum absolute atomic E-state index is 0. The van der Waals surface area contributed by atoms with E-state index in [0.717, 1.165) is 6.42 Å². The first-order valence-electron chi connectivity index (χ1n) is 3.43. The summed E-state index contributed by atoms with van der Waals surface area (Å²) in [5.41, 5.74) is 5.13. The zero-order chi connectivity index (χ0) is 7.78. The van der Waals surface area contributed by atoms with E-state index >= 15 is 0 Å². The summed E-state index contributed by atoms with van der Waals surface area (Å²) in [6.45, 7) is 2.49. The Morgan fingerprint density at radius 2 is 2.36 bits per heavy atom. The average molecular weight is 180 g/mol. The molecule has 2 atom stereocenters. The molecule has 0 heterocycles. The number of hydrogen-bond donors (Lipinski definition) is 1. The number of esters is 1. The topological polar surface area (TPSA) is 52.3 Å². The van der Waals surface area contributed by atoms with Crippen molar-refractivity contribution in [3.05, 3.63) is 0 Å². The Bertz CT molecular complexity index is 163. The van der Waals surface area contributed by atoms with E-state index in [1.807, 2.05) is 6.92 Å². The highest BCUT2D eigenvalue weighted by molar-refractivity contribution is 5.85. The van der Waals surface area contributed by atoms with Crippen LogP contribution in [0.15, 0.2) is 0 Å². The first-order valence-corrected chi connectivity index (χ1v) is 3.43. The van der Waals surface area contributed by atoms with Crippen LogP contribution < -0.4 is 5.73 Å². The van der Waals surface area contributed by atoms with Gasteiger partial charge in [-0.3, -0.25) is 4.79 Å². The van der Waals surface area contributed by atoms with Gasteiger partial charge in [0.15, 0.2) is 0 Å². The van der Waals surface area contributed by atoms with Gasteiger partial charge in [0.1, 0.15) is 0 Å². The van der Waals surface area contributed by atoms with Crippen molar-refractivity contribution in [1.82, 2.24) is 0 Å². The van der Waals surface area contributed by atoms with Gasteiger partial charge in [-0.25, -0.2) is 0 Å². The molecule has 2 N–H and O–H groups in total. The maximum Gasteiger partial charge on any atom is 0.311 e. The van der Waals surface area contributed by atoms with Crippen LogP contribution in [0.4, 0.5) is 0 Å². The Hall–Kier alpha value is -0.280. The van der Waals surface area contributed by atoms with Crippen LogP contribution in [0.2, 0.25) is 0 Å². The van der Waals surface area contributed by atoms with E-state index in [9.17, 15) is 4.79 Å². The van der Waals surface area contributed by atoms with Crippen molar-refractivity contribution in [2.45, 2.75) is 13.3 Å². The minimum atomic E-state index is -0.260. The lowest BCUT2D eigenvalue weighted by Crippen LogP contribution is -2.19. The number of nitrogens with two attached hydrogens (primary N) is 1. The van der Waals surface area contributed by atoms with Crippen LogP contribution in [0, 0.1) is 11.3 Å². The van der Waals surface area contributed by atoms with Crippen LogP contribution in [-0.4, -0.2) is 19.6 Å². The second kappa shape index (κ2) is 3.41. The van der Waals surface area contributed by atoms with Gasteiger partial charge in [0.2, 0.25) is 0 Å². The molecule has 0 unspecified atom stereocenters. The Morgan fingerprint density at radius 3 is 2.64 bits per heavy atom. The summed E-state index contributed by atoms with van der Waals surface area (Å²) in [4.78, 5) is 11.0. The molecule has 0 radical (unpaired) electrons. The number of hydrogen-bond acceptors (Lipinski definition) is 3.